The van der Waals surface area contributed by atoms with E-state index in [0.717, 1.165) is 22.3 Å². The maximum Gasteiger partial charge on any atom is 0.216 e. The monoisotopic (exact) mass is 241 g/mol. The summed E-state index contributed by atoms with van der Waals surface area (Å²) in [5, 5.41) is 7.30. The van der Waals surface area contributed by atoms with Crippen LogP contribution in [0.1, 0.15) is 23.6 Å². The quantitative estimate of drug-likeness (QED) is 0.798. The first-order chi connectivity index (χ1) is 8.71. The summed E-state index contributed by atoms with van der Waals surface area (Å²) in [6.07, 6.45) is 2.67. The number of hydrogen-bond acceptors (Lipinski definition) is 4. The van der Waals surface area contributed by atoms with E-state index in [9.17, 15) is 0 Å². The molecule has 0 atom stereocenters. The van der Waals surface area contributed by atoms with Crippen molar-refractivity contribution in [2.24, 2.45) is 10.7 Å². The van der Waals surface area contributed by atoms with Crippen LogP contribution in [0.15, 0.2) is 35.3 Å². The molecule has 0 aromatic heterocycles. The van der Waals surface area contributed by atoms with Crippen molar-refractivity contribution >= 4 is 24.1 Å². The molecule has 1 aromatic rings. The summed E-state index contributed by atoms with van der Waals surface area (Å²) in [6.45, 7) is 5.91. The Morgan fingerprint density at radius 1 is 1.56 bits per heavy atom. The van der Waals surface area contributed by atoms with Crippen molar-refractivity contribution in [3.63, 3.8) is 0 Å². The first kappa shape index (κ1) is 12.1. The van der Waals surface area contributed by atoms with E-state index in [1.54, 1.807) is 0 Å². The van der Waals surface area contributed by atoms with Gasteiger partial charge in [-0.3, -0.25) is 0 Å². The number of fused-ring (bicyclic) bond motifs is 1. The SMILES string of the molecule is C=NC1=C(C)c2ccc(/C(C=N)=C/N)cc2CO1. The van der Waals surface area contributed by atoms with Crippen LogP contribution in [-0.4, -0.2) is 12.9 Å². The van der Waals surface area contributed by atoms with E-state index < -0.39 is 0 Å². The van der Waals surface area contributed by atoms with Crippen LogP contribution in [0.3, 0.4) is 0 Å². The topological polar surface area (TPSA) is 71.5 Å². The molecule has 92 valence electrons. The number of aliphatic imine (C=N–C) groups is 1. The van der Waals surface area contributed by atoms with Crippen LogP contribution in [0.5, 0.6) is 0 Å². The largest absolute Gasteiger partial charge is 0.473 e. The highest BCUT2D eigenvalue weighted by Crippen LogP contribution is 2.31. The molecule has 0 saturated heterocycles. The zero-order valence-electron chi connectivity index (χ0n) is 10.2. The van der Waals surface area contributed by atoms with Crippen LogP contribution in [0, 0.1) is 5.41 Å². The number of nitrogens with zero attached hydrogens (tertiary/aromatic N) is 1. The molecule has 1 heterocycles. The van der Waals surface area contributed by atoms with E-state index in [1.165, 1.54) is 12.4 Å². The second-order valence-electron chi connectivity index (χ2n) is 4.02. The lowest BCUT2D eigenvalue weighted by atomic mass is 9.95. The minimum atomic E-state index is 0.463. The van der Waals surface area contributed by atoms with Crippen LogP contribution in [-0.2, 0) is 11.3 Å². The number of rotatable bonds is 3. The predicted molar refractivity (Wildman–Crippen MR) is 74.3 cm³/mol. The van der Waals surface area contributed by atoms with E-state index in [4.69, 9.17) is 15.9 Å². The van der Waals surface area contributed by atoms with Gasteiger partial charge in [-0.25, -0.2) is 4.99 Å². The molecule has 4 heteroatoms. The molecular weight excluding hydrogens is 226 g/mol. The van der Waals surface area contributed by atoms with Crippen molar-refractivity contribution < 1.29 is 4.74 Å². The van der Waals surface area contributed by atoms with Crippen molar-refractivity contribution in [1.29, 1.82) is 5.41 Å². The lowest BCUT2D eigenvalue weighted by Gasteiger charge is -2.20. The number of allylic oxidation sites excluding steroid dienone is 2. The van der Waals surface area contributed by atoms with Gasteiger partial charge in [0, 0.05) is 23.6 Å². The fraction of sp³-hybridized carbons (Fsp3) is 0.143. The summed E-state index contributed by atoms with van der Waals surface area (Å²) in [4.78, 5) is 3.86. The van der Waals surface area contributed by atoms with Crippen molar-refractivity contribution in [2.45, 2.75) is 13.5 Å². The molecule has 0 aliphatic carbocycles. The minimum absolute atomic E-state index is 0.463. The van der Waals surface area contributed by atoms with Gasteiger partial charge < -0.3 is 15.9 Å². The summed E-state index contributed by atoms with van der Waals surface area (Å²) in [5.41, 5.74) is 10.2. The first-order valence-corrected chi connectivity index (χ1v) is 5.57. The van der Waals surface area contributed by atoms with Gasteiger partial charge in [0.05, 0.1) is 0 Å². The van der Waals surface area contributed by atoms with Crippen molar-refractivity contribution in [1.82, 2.24) is 0 Å². The molecule has 0 saturated carbocycles. The Balaban J connectivity index is 2.51. The first-order valence-electron chi connectivity index (χ1n) is 5.57. The van der Waals surface area contributed by atoms with Gasteiger partial charge in [-0.1, -0.05) is 12.1 Å². The van der Waals surface area contributed by atoms with Crippen molar-refractivity contribution in [3.05, 3.63) is 47.0 Å². The lowest BCUT2D eigenvalue weighted by molar-refractivity contribution is 0.193. The average Bonchev–Trinajstić information content (AvgIpc) is 2.40. The molecule has 4 nitrogen and oxygen atoms in total. The van der Waals surface area contributed by atoms with Crippen LogP contribution in [0.25, 0.3) is 11.1 Å². The highest BCUT2D eigenvalue weighted by Gasteiger charge is 2.17. The molecule has 0 bridgehead atoms. The Morgan fingerprint density at radius 3 is 2.94 bits per heavy atom. The molecule has 0 unspecified atom stereocenters. The molecule has 0 spiro atoms. The van der Waals surface area contributed by atoms with Crippen LogP contribution in [0.4, 0.5) is 0 Å². The van der Waals surface area contributed by atoms with Gasteiger partial charge in [0.15, 0.2) is 0 Å². The molecule has 0 fully saturated rings. The highest BCUT2D eigenvalue weighted by molar-refractivity contribution is 6.08. The number of hydrogen-bond donors (Lipinski definition) is 2. The smallest absolute Gasteiger partial charge is 0.216 e. The third-order valence-corrected chi connectivity index (χ3v) is 3.01. The third-order valence-electron chi connectivity index (χ3n) is 3.01. The summed E-state index contributed by atoms with van der Waals surface area (Å²) in [7, 11) is 0. The number of nitrogens with one attached hydrogen (secondary N) is 1. The predicted octanol–water partition coefficient (Wildman–Crippen LogP) is 2.56. The second kappa shape index (κ2) is 4.87. The second-order valence-corrected chi connectivity index (χ2v) is 4.02. The van der Waals surface area contributed by atoms with Gasteiger partial charge in [0.2, 0.25) is 5.88 Å². The maximum atomic E-state index is 7.30. The molecule has 1 aliphatic heterocycles. The molecule has 3 N–H and O–H groups in total. The number of nitrogens with two attached hydrogens (primary N) is 1. The lowest BCUT2D eigenvalue weighted by Crippen LogP contribution is -2.06. The van der Waals surface area contributed by atoms with Gasteiger partial charge in [-0.2, -0.15) is 0 Å². The van der Waals surface area contributed by atoms with Gasteiger partial charge in [0.25, 0.3) is 0 Å². The van der Waals surface area contributed by atoms with Gasteiger partial charge in [-0.15, -0.1) is 0 Å². The van der Waals surface area contributed by atoms with E-state index in [1.807, 2.05) is 25.1 Å². The molecular formula is C14H15N3O. The summed E-state index contributed by atoms with van der Waals surface area (Å²) < 4.78 is 5.51. The minimum Gasteiger partial charge on any atom is -0.473 e. The Kier molecular flexibility index (Phi) is 3.28. The molecule has 0 radical (unpaired) electrons. The molecule has 18 heavy (non-hydrogen) atoms. The molecule has 1 aliphatic rings. The third kappa shape index (κ3) is 1.93. The van der Waals surface area contributed by atoms with Gasteiger partial charge >= 0.3 is 0 Å². The normalized spacial score (nSPS) is 14.8. The van der Waals surface area contributed by atoms with E-state index in [2.05, 4.69) is 11.7 Å². The number of ether oxygens (including phenoxy) is 1. The van der Waals surface area contributed by atoms with Crippen molar-refractivity contribution in [3.8, 4) is 0 Å². The number of benzene rings is 1. The van der Waals surface area contributed by atoms with Crippen LogP contribution < -0.4 is 5.73 Å². The Hall–Kier alpha value is -2.36. The summed E-state index contributed by atoms with van der Waals surface area (Å²) in [5.74, 6) is 0.580. The Bertz CT molecular complexity index is 570. The highest BCUT2D eigenvalue weighted by atomic mass is 16.5. The fourth-order valence-corrected chi connectivity index (χ4v) is 2.02. The zero-order chi connectivity index (χ0) is 13.1. The van der Waals surface area contributed by atoms with E-state index >= 15 is 0 Å². The van der Waals surface area contributed by atoms with E-state index in [-0.39, 0.29) is 0 Å². The molecule has 2 rings (SSSR count). The van der Waals surface area contributed by atoms with Crippen molar-refractivity contribution in [2.75, 3.05) is 0 Å². The Labute approximate surface area is 106 Å². The summed E-state index contributed by atoms with van der Waals surface area (Å²) in [6, 6.07) is 5.93. The fourth-order valence-electron chi connectivity index (χ4n) is 2.02. The molecule has 1 aromatic carbocycles. The molecule has 0 amide bonds. The zero-order valence-corrected chi connectivity index (χ0v) is 10.2. The maximum absolute atomic E-state index is 7.30. The standard InChI is InChI=1S/C14H15N3O/c1-9-13-4-3-10(12(6-15)7-16)5-11(13)8-18-14(9)17-2/h3-7,15H,2,8,16H2,1H3/b12-7+,15-6?. The summed E-state index contributed by atoms with van der Waals surface area (Å²) >= 11 is 0. The Morgan fingerprint density at radius 2 is 2.33 bits per heavy atom. The van der Waals surface area contributed by atoms with Gasteiger partial charge in [0.1, 0.15) is 6.61 Å². The van der Waals surface area contributed by atoms with Crippen LogP contribution in [0.2, 0.25) is 0 Å². The van der Waals surface area contributed by atoms with Crippen LogP contribution >= 0.6 is 0 Å². The van der Waals surface area contributed by atoms with Gasteiger partial charge in [-0.05, 0) is 36.4 Å². The average molecular weight is 241 g/mol. The van der Waals surface area contributed by atoms with E-state index in [0.29, 0.717) is 18.1 Å².